The van der Waals surface area contributed by atoms with Crippen molar-refractivity contribution in [2.24, 2.45) is 7.05 Å². The average molecular weight is 221 g/mol. The van der Waals surface area contributed by atoms with Crippen LogP contribution in [-0.4, -0.2) is 16.8 Å². The molecule has 0 bridgehead atoms. The predicted molar refractivity (Wildman–Crippen MR) is 68.4 cm³/mol. The maximum absolute atomic E-state index is 4.48. The van der Waals surface area contributed by atoms with Crippen LogP contribution in [0.4, 0.5) is 0 Å². The Labute approximate surface area is 98.5 Å². The molecule has 1 heterocycles. The van der Waals surface area contributed by atoms with Crippen molar-refractivity contribution in [1.29, 1.82) is 0 Å². The van der Waals surface area contributed by atoms with Gasteiger partial charge in [-0.3, -0.25) is 4.68 Å². The molecule has 0 aromatic carbocycles. The molecule has 16 heavy (non-hydrogen) atoms. The summed E-state index contributed by atoms with van der Waals surface area (Å²) >= 11 is 0. The van der Waals surface area contributed by atoms with Crippen molar-refractivity contribution < 1.29 is 0 Å². The number of hydrogen-bond donors (Lipinski definition) is 1. The lowest BCUT2D eigenvalue weighted by molar-refractivity contribution is 0.505. The molecule has 0 fully saturated rings. The Morgan fingerprint density at radius 2 is 2.31 bits per heavy atom. The minimum Gasteiger partial charge on any atom is -0.312 e. The van der Waals surface area contributed by atoms with Gasteiger partial charge in [0, 0.05) is 13.1 Å². The number of allylic oxidation sites excluding steroid dienone is 1. The maximum Gasteiger partial charge on any atom is 0.0625 e. The van der Waals surface area contributed by atoms with Crippen LogP contribution < -0.4 is 5.32 Å². The molecule has 90 valence electrons. The molecule has 0 aliphatic heterocycles. The summed E-state index contributed by atoms with van der Waals surface area (Å²) < 4.78 is 1.98. The number of nitrogens with one attached hydrogen (secondary N) is 1. The van der Waals surface area contributed by atoms with E-state index in [0.29, 0.717) is 6.04 Å². The quantitative estimate of drug-likeness (QED) is 0.748. The molecule has 3 nitrogen and oxygen atoms in total. The van der Waals surface area contributed by atoms with E-state index in [1.165, 1.54) is 11.3 Å². The first-order chi connectivity index (χ1) is 7.58. The van der Waals surface area contributed by atoms with E-state index in [4.69, 9.17) is 0 Å². The van der Waals surface area contributed by atoms with Gasteiger partial charge in [0.25, 0.3) is 0 Å². The topological polar surface area (TPSA) is 29.9 Å². The van der Waals surface area contributed by atoms with Crippen molar-refractivity contribution in [2.75, 3.05) is 7.05 Å². The van der Waals surface area contributed by atoms with Crippen molar-refractivity contribution in [2.45, 2.75) is 39.2 Å². The zero-order chi connectivity index (χ0) is 12.1. The minimum atomic E-state index is 0.370. The van der Waals surface area contributed by atoms with E-state index in [0.717, 1.165) is 25.0 Å². The summed E-state index contributed by atoms with van der Waals surface area (Å²) in [7, 11) is 4.02. The highest BCUT2D eigenvalue weighted by molar-refractivity contribution is 5.14. The molecular formula is C13H23N3. The van der Waals surface area contributed by atoms with Gasteiger partial charge in [-0.25, -0.2) is 0 Å². The third-order valence-electron chi connectivity index (χ3n) is 2.89. The second kappa shape index (κ2) is 5.85. The summed E-state index contributed by atoms with van der Waals surface area (Å²) in [5.74, 6) is 0. The van der Waals surface area contributed by atoms with Crippen LogP contribution in [0.5, 0.6) is 0 Å². The highest BCUT2D eigenvalue weighted by Crippen LogP contribution is 2.20. The predicted octanol–water partition coefficient (Wildman–Crippen LogP) is 2.60. The summed E-state index contributed by atoms with van der Waals surface area (Å²) in [4.78, 5) is 0. The van der Waals surface area contributed by atoms with Crippen molar-refractivity contribution in [3.63, 3.8) is 0 Å². The van der Waals surface area contributed by atoms with Crippen LogP contribution in [0.2, 0.25) is 0 Å². The van der Waals surface area contributed by atoms with Crippen LogP contribution in [0.25, 0.3) is 0 Å². The molecule has 0 amide bonds. The standard InChI is InChI=1S/C13H23N3/c1-6-11-9-13(16(5)15-11)12(14-4)8-7-10(2)3/h9,12,14H,2,6-8H2,1,3-5H3. The molecule has 0 aliphatic carbocycles. The molecule has 1 rings (SSSR count). The lowest BCUT2D eigenvalue weighted by Crippen LogP contribution is -2.19. The monoisotopic (exact) mass is 221 g/mol. The Hall–Kier alpha value is -1.09. The first kappa shape index (κ1) is 13.0. The third-order valence-corrected chi connectivity index (χ3v) is 2.89. The van der Waals surface area contributed by atoms with Gasteiger partial charge in [-0.1, -0.05) is 12.5 Å². The Morgan fingerprint density at radius 1 is 1.62 bits per heavy atom. The SMILES string of the molecule is C=C(C)CCC(NC)c1cc(CC)nn1C. The lowest BCUT2D eigenvalue weighted by atomic mass is 10.0. The summed E-state index contributed by atoms with van der Waals surface area (Å²) in [6.45, 7) is 8.16. The van der Waals surface area contributed by atoms with Gasteiger partial charge in [-0.05, 0) is 39.3 Å². The fraction of sp³-hybridized carbons (Fsp3) is 0.615. The fourth-order valence-electron chi connectivity index (χ4n) is 1.87. The van der Waals surface area contributed by atoms with E-state index in [2.05, 4.69) is 36.9 Å². The number of aromatic nitrogens is 2. The number of nitrogens with zero attached hydrogens (tertiary/aromatic N) is 2. The zero-order valence-electron chi connectivity index (χ0n) is 10.9. The molecule has 0 saturated heterocycles. The molecule has 1 unspecified atom stereocenters. The van der Waals surface area contributed by atoms with E-state index in [9.17, 15) is 0 Å². The van der Waals surface area contributed by atoms with Crippen LogP contribution in [0.15, 0.2) is 18.2 Å². The van der Waals surface area contributed by atoms with Crippen molar-refractivity contribution in [3.8, 4) is 0 Å². The van der Waals surface area contributed by atoms with E-state index in [-0.39, 0.29) is 0 Å². The third kappa shape index (κ3) is 3.20. The first-order valence-electron chi connectivity index (χ1n) is 5.93. The van der Waals surface area contributed by atoms with E-state index in [1.807, 2.05) is 18.8 Å². The van der Waals surface area contributed by atoms with Gasteiger partial charge >= 0.3 is 0 Å². The van der Waals surface area contributed by atoms with E-state index in [1.54, 1.807) is 0 Å². The van der Waals surface area contributed by atoms with Crippen molar-refractivity contribution >= 4 is 0 Å². The number of hydrogen-bond acceptors (Lipinski definition) is 2. The smallest absolute Gasteiger partial charge is 0.0625 e. The Kier molecular flexibility index (Phi) is 4.74. The second-order valence-electron chi connectivity index (χ2n) is 4.37. The largest absolute Gasteiger partial charge is 0.312 e. The van der Waals surface area contributed by atoms with E-state index < -0.39 is 0 Å². The summed E-state index contributed by atoms with van der Waals surface area (Å²) in [5.41, 5.74) is 3.66. The highest BCUT2D eigenvalue weighted by atomic mass is 15.3. The lowest BCUT2D eigenvalue weighted by Gasteiger charge is -2.16. The van der Waals surface area contributed by atoms with Gasteiger partial charge in [0.1, 0.15) is 0 Å². The Morgan fingerprint density at radius 3 is 2.75 bits per heavy atom. The molecule has 1 aromatic rings. The van der Waals surface area contributed by atoms with Crippen LogP contribution in [0.3, 0.4) is 0 Å². The van der Waals surface area contributed by atoms with Crippen LogP contribution in [0.1, 0.15) is 44.1 Å². The minimum absolute atomic E-state index is 0.370. The first-order valence-corrected chi connectivity index (χ1v) is 5.93. The molecule has 3 heteroatoms. The number of rotatable bonds is 6. The highest BCUT2D eigenvalue weighted by Gasteiger charge is 2.14. The van der Waals surface area contributed by atoms with Gasteiger partial charge in [-0.15, -0.1) is 6.58 Å². The molecule has 0 aliphatic rings. The molecule has 1 N–H and O–H groups in total. The van der Waals surface area contributed by atoms with Gasteiger partial charge in [0.05, 0.1) is 11.4 Å². The van der Waals surface area contributed by atoms with E-state index >= 15 is 0 Å². The van der Waals surface area contributed by atoms with Crippen LogP contribution >= 0.6 is 0 Å². The normalized spacial score (nSPS) is 12.8. The Balaban J connectivity index is 2.77. The summed E-state index contributed by atoms with van der Waals surface area (Å²) in [6.07, 6.45) is 3.12. The molecule has 0 radical (unpaired) electrons. The van der Waals surface area contributed by atoms with Gasteiger partial charge < -0.3 is 5.32 Å². The summed E-state index contributed by atoms with van der Waals surface area (Å²) in [6, 6.07) is 2.56. The van der Waals surface area contributed by atoms with Gasteiger partial charge in [0.2, 0.25) is 0 Å². The summed E-state index contributed by atoms with van der Waals surface area (Å²) in [5, 5.41) is 7.83. The Bertz CT molecular complexity index is 352. The molecule has 1 atom stereocenters. The van der Waals surface area contributed by atoms with Gasteiger partial charge in [0.15, 0.2) is 0 Å². The van der Waals surface area contributed by atoms with Crippen LogP contribution in [-0.2, 0) is 13.5 Å². The molecule has 0 spiro atoms. The van der Waals surface area contributed by atoms with Crippen molar-refractivity contribution in [3.05, 3.63) is 29.6 Å². The average Bonchev–Trinajstić information content (AvgIpc) is 2.61. The number of aryl methyl sites for hydroxylation is 2. The van der Waals surface area contributed by atoms with Crippen molar-refractivity contribution in [1.82, 2.24) is 15.1 Å². The zero-order valence-corrected chi connectivity index (χ0v) is 10.9. The van der Waals surface area contributed by atoms with Crippen LogP contribution in [0, 0.1) is 0 Å². The van der Waals surface area contributed by atoms with Gasteiger partial charge in [-0.2, -0.15) is 5.10 Å². The molecule has 1 aromatic heterocycles. The maximum atomic E-state index is 4.48. The molecule has 0 saturated carbocycles. The molecular weight excluding hydrogens is 198 g/mol. The second-order valence-corrected chi connectivity index (χ2v) is 4.37. The fourth-order valence-corrected chi connectivity index (χ4v) is 1.87.